The number of aromatic nitrogens is 2. The molecular weight excluding hydrogens is 224 g/mol. The third-order valence-corrected chi connectivity index (χ3v) is 2.98. The summed E-state index contributed by atoms with van der Waals surface area (Å²) in [4.78, 5) is 0. The second kappa shape index (κ2) is 4.48. The molecule has 0 saturated carbocycles. The highest BCUT2D eigenvalue weighted by molar-refractivity contribution is 5.40. The topological polar surface area (TPSA) is 27.1 Å². The van der Waals surface area contributed by atoms with E-state index in [0.717, 1.165) is 11.4 Å². The molecule has 0 saturated heterocycles. The molecule has 0 spiro atoms. The Bertz CT molecular complexity index is 533. The van der Waals surface area contributed by atoms with Crippen molar-refractivity contribution in [1.82, 2.24) is 9.78 Å². The number of methoxy groups -OCH3 is 1. The summed E-state index contributed by atoms with van der Waals surface area (Å²) in [6, 6.07) is 7.97. The van der Waals surface area contributed by atoms with E-state index in [1.807, 2.05) is 35.1 Å². The van der Waals surface area contributed by atoms with Crippen molar-refractivity contribution in [2.45, 2.75) is 33.1 Å². The number of nitrogens with zero attached hydrogens (tertiary/aromatic N) is 2. The highest BCUT2D eigenvalue weighted by Gasteiger charge is 2.22. The van der Waals surface area contributed by atoms with E-state index in [4.69, 9.17) is 4.74 Å². The summed E-state index contributed by atoms with van der Waals surface area (Å²) in [5, 5.41) is 4.48. The largest absolute Gasteiger partial charge is 0.497 e. The molecule has 1 aromatic heterocycles. The number of rotatable bonds is 2. The zero-order valence-corrected chi connectivity index (χ0v) is 11.7. The Hall–Kier alpha value is -1.77. The molecule has 0 atom stereocenters. The van der Waals surface area contributed by atoms with Gasteiger partial charge in [0.1, 0.15) is 5.75 Å². The molecule has 2 aromatic rings. The van der Waals surface area contributed by atoms with Crippen molar-refractivity contribution in [2.24, 2.45) is 0 Å². The zero-order chi connectivity index (χ0) is 13.3. The van der Waals surface area contributed by atoms with E-state index >= 15 is 0 Å². The Morgan fingerprint density at radius 1 is 1.11 bits per heavy atom. The fourth-order valence-electron chi connectivity index (χ4n) is 2.26. The van der Waals surface area contributed by atoms with Crippen LogP contribution in [-0.2, 0) is 5.41 Å². The fourth-order valence-corrected chi connectivity index (χ4v) is 2.26. The predicted octanol–water partition coefficient (Wildman–Crippen LogP) is 3.49. The quantitative estimate of drug-likeness (QED) is 0.808. The van der Waals surface area contributed by atoms with E-state index in [1.165, 1.54) is 11.3 Å². The van der Waals surface area contributed by atoms with Crippen molar-refractivity contribution in [1.29, 1.82) is 0 Å². The van der Waals surface area contributed by atoms with E-state index in [9.17, 15) is 0 Å². The summed E-state index contributed by atoms with van der Waals surface area (Å²) in [6.07, 6.45) is 1.92. The summed E-state index contributed by atoms with van der Waals surface area (Å²) in [6.45, 7) is 8.72. The fraction of sp³-hybridized carbons (Fsp3) is 0.400. The van der Waals surface area contributed by atoms with E-state index in [2.05, 4.69) is 32.8 Å². The van der Waals surface area contributed by atoms with Gasteiger partial charge in [-0.25, -0.2) is 4.68 Å². The van der Waals surface area contributed by atoms with Gasteiger partial charge in [-0.15, -0.1) is 0 Å². The molecule has 2 rings (SSSR count). The second-order valence-electron chi connectivity index (χ2n) is 5.54. The molecule has 0 unspecified atom stereocenters. The van der Waals surface area contributed by atoms with E-state index in [-0.39, 0.29) is 5.41 Å². The Morgan fingerprint density at radius 2 is 1.72 bits per heavy atom. The minimum atomic E-state index is 0.0700. The highest BCUT2D eigenvalue weighted by Crippen LogP contribution is 2.28. The van der Waals surface area contributed by atoms with Crippen LogP contribution in [0.3, 0.4) is 0 Å². The first-order valence-electron chi connectivity index (χ1n) is 6.13. The van der Waals surface area contributed by atoms with Crippen molar-refractivity contribution in [3.63, 3.8) is 0 Å². The molecule has 1 heterocycles. The van der Waals surface area contributed by atoms with Gasteiger partial charge in [0.15, 0.2) is 0 Å². The van der Waals surface area contributed by atoms with Gasteiger partial charge in [0.25, 0.3) is 0 Å². The zero-order valence-electron chi connectivity index (χ0n) is 11.7. The van der Waals surface area contributed by atoms with Crippen LogP contribution in [0.1, 0.15) is 32.0 Å². The molecule has 0 amide bonds. The van der Waals surface area contributed by atoms with E-state index < -0.39 is 0 Å². The van der Waals surface area contributed by atoms with Crippen molar-refractivity contribution < 1.29 is 4.74 Å². The molecule has 0 aliphatic rings. The normalized spacial score (nSPS) is 11.6. The molecule has 0 aliphatic carbocycles. The third kappa shape index (κ3) is 2.26. The molecule has 3 nitrogen and oxygen atoms in total. The van der Waals surface area contributed by atoms with Gasteiger partial charge in [-0.3, -0.25) is 0 Å². The Labute approximate surface area is 108 Å². The maximum atomic E-state index is 5.18. The van der Waals surface area contributed by atoms with Crippen molar-refractivity contribution >= 4 is 0 Å². The summed E-state index contributed by atoms with van der Waals surface area (Å²) >= 11 is 0. The van der Waals surface area contributed by atoms with Crippen LogP contribution >= 0.6 is 0 Å². The van der Waals surface area contributed by atoms with Crippen LogP contribution in [0, 0.1) is 6.92 Å². The van der Waals surface area contributed by atoms with Crippen molar-refractivity contribution in [2.75, 3.05) is 7.11 Å². The lowest BCUT2D eigenvalue weighted by Crippen LogP contribution is -2.18. The average Bonchev–Trinajstić information content (AvgIpc) is 2.71. The van der Waals surface area contributed by atoms with Crippen LogP contribution in [0.25, 0.3) is 5.69 Å². The van der Waals surface area contributed by atoms with Gasteiger partial charge in [-0.2, -0.15) is 5.10 Å². The maximum absolute atomic E-state index is 5.18. The Balaban J connectivity index is 2.51. The monoisotopic (exact) mass is 244 g/mol. The lowest BCUT2D eigenvalue weighted by molar-refractivity contribution is 0.414. The lowest BCUT2D eigenvalue weighted by atomic mass is 9.89. The molecule has 0 N–H and O–H groups in total. The van der Waals surface area contributed by atoms with Crippen LogP contribution < -0.4 is 4.74 Å². The molecule has 96 valence electrons. The van der Waals surface area contributed by atoms with Gasteiger partial charge in [-0.1, -0.05) is 20.8 Å². The summed E-state index contributed by atoms with van der Waals surface area (Å²) in [7, 11) is 1.67. The predicted molar refractivity (Wildman–Crippen MR) is 73.6 cm³/mol. The van der Waals surface area contributed by atoms with Crippen LogP contribution in [0.2, 0.25) is 0 Å². The number of hydrogen-bond donors (Lipinski definition) is 0. The van der Waals surface area contributed by atoms with Crippen molar-refractivity contribution in [3.8, 4) is 11.4 Å². The standard InChI is InChI=1S/C15H20N2O/c1-11-10-16-17(14(11)15(2,3)4)12-6-8-13(18-5)9-7-12/h6-10H,1-5H3. The first-order valence-corrected chi connectivity index (χ1v) is 6.13. The molecule has 0 aliphatic heterocycles. The molecule has 3 heteroatoms. The highest BCUT2D eigenvalue weighted by atomic mass is 16.5. The molecule has 0 radical (unpaired) electrons. The minimum Gasteiger partial charge on any atom is -0.497 e. The number of aryl methyl sites for hydroxylation is 1. The molecule has 0 fully saturated rings. The van der Waals surface area contributed by atoms with E-state index in [1.54, 1.807) is 7.11 Å². The number of benzene rings is 1. The third-order valence-electron chi connectivity index (χ3n) is 2.98. The van der Waals surface area contributed by atoms with Gasteiger partial charge in [0.2, 0.25) is 0 Å². The Kier molecular flexibility index (Phi) is 3.16. The second-order valence-corrected chi connectivity index (χ2v) is 5.54. The first kappa shape index (κ1) is 12.7. The van der Waals surface area contributed by atoms with Gasteiger partial charge in [0.05, 0.1) is 24.7 Å². The number of ether oxygens (including phenoxy) is 1. The van der Waals surface area contributed by atoms with Gasteiger partial charge in [-0.05, 0) is 36.8 Å². The van der Waals surface area contributed by atoms with Crippen LogP contribution in [0.5, 0.6) is 5.75 Å². The minimum absolute atomic E-state index is 0.0700. The lowest BCUT2D eigenvalue weighted by Gasteiger charge is -2.21. The van der Waals surface area contributed by atoms with Gasteiger partial charge < -0.3 is 4.74 Å². The van der Waals surface area contributed by atoms with E-state index in [0.29, 0.717) is 0 Å². The molecule has 18 heavy (non-hydrogen) atoms. The molecule has 0 bridgehead atoms. The summed E-state index contributed by atoms with van der Waals surface area (Å²) < 4.78 is 7.19. The molecular formula is C15H20N2O. The first-order chi connectivity index (χ1) is 8.43. The summed E-state index contributed by atoms with van der Waals surface area (Å²) in [5.74, 6) is 0.861. The SMILES string of the molecule is COc1ccc(-n2ncc(C)c2C(C)(C)C)cc1. The smallest absolute Gasteiger partial charge is 0.119 e. The van der Waals surface area contributed by atoms with Crippen LogP contribution in [-0.4, -0.2) is 16.9 Å². The average molecular weight is 244 g/mol. The maximum Gasteiger partial charge on any atom is 0.119 e. The van der Waals surface area contributed by atoms with Crippen molar-refractivity contribution in [3.05, 3.63) is 41.7 Å². The Morgan fingerprint density at radius 3 is 2.22 bits per heavy atom. The van der Waals surface area contributed by atoms with Crippen LogP contribution in [0.4, 0.5) is 0 Å². The summed E-state index contributed by atoms with van der Waals surface area (Å²) in [5.41, 5.74) is 3.60. The van der Waals surface area contributed by atoms with Gasteiger partial charge >= 0.3 is 0 Å². The van der Waals surface area contributed by atoms with Gasteiger partial charge in [0, 0.05) is 5.41 Å². The molecule has 1 aromatic carbocycles. The van der Waals surface area contributed by atoms with Crippen LogP contribution in [0.15, 0.2) is 30.5 Å². The number of hydrogen-bond acceptors (Lipinski definition) is 2.